The Morgan fingerprint density at radius 3 is 2.43 bits per heavy atom. The molecule has 1 aliphatic rings. The number of pyridine rings is 1. The zero-order valence-corrected chi connectivity index (χ0v) is 24.9. The summed E-state index contributed by atoms with van der Waals surface area (Å²) in [6.45, 7) is 24.0. The Labute approximate surface area is 216 Å². The monoisotopic (exact) mass is 514 g/mol. The third kappa shape index (κ3) is 5.50. The lowest BCUT2D eigenvalue weighted by Crippen LogP contribution is -2.49. The molecule has 0 bridgehead atoms. The molecule has 0 unspecified atom stereocenters. The Morgan fingerprint density at radius 2 is 1.89 bits per heavy atom. The summed E-state index contributed by atoms with van der Waals surface area (Å²) in [6, 6.07) is 5.80. The van der Waals surface area contributed by atoms with Crippen LogP contribution in [0.15, 0.2) is 41.7 Å². The molecular weight excluding hydrogens is 472 g/mol. The van der Waals surface area contributed by atoms with Gasteiger partial charge in [0.1, 0.15) is 17.2 Å². The molecule has 3 rings (SSSR count). The highest BCUT2D eigenvalue weighted by Gasteiger charge is 2.52. The standard InChI is InChI=1S/C27H42N4O2SSi/c1-18(2)15-21-27(8,17-33-35(10,11)25(3,4)5)19-16-28-24(34-9)30-23(19)31(21)22-14-12-13-20(29-22)26(6,7)32/h12-14,16,21,32H,1,15,17H2,2-11H3/t21-,27-/m1/s1. The first-order chi connectivity index (χ1) is 16.0. The second-order valence-electron chi connectivity index (χ2n) is 12.0. The highest BCUT2D eigenvalue weighted by Crippen LogP contribution is 2.50. The van der Waals surface area contributed by atoms with Crippen LogP contribution < -0.4 is 4.90 Å². The molecule has 0 spiro atoms. The molecule has 0 fully saturated rings. The first-order valence-electron chi connectivity index (χ1n) is 12.2. The third-order valence-electron chi connectivity index (χ3n) is 7.51. The molecule has 2 aromatic heterocycles. The maximum Gasteiger partial charge on any atom is 0.192 e. The van der Waals surface area contributed by atoms with Gasteiger partial charge in [0.25, 0.3) is 0 Å². The summed E-state index contributed by atoms with van der Waals surface area (Å²) < 4.78 is 6.83. The molecule has 0 saturated heterocycles. The van der Waals surface area contributed by atoms with E-state index in [9.17, 15) is 5.11 Å². The smallest absolute Gasteiger partial charge is 0.192 e. The molecule has 35 heavy (non-hydrogen) atoms. The summed E-state index contributed by atoms with van der Waals surface area (Å²) in [5.41, 5.74) is 1.36. The fourth-order valence-corrected chi connectivity index (χ4v) is 5.62. The summed E-state index contributed by atoms with van der Waals surface area (Å²) >= 11 is 1.52. The number of rotatable bonds is 8. The third-order valence-corrected chi connectivity index (χ3v) is 12.5. The van der Waals surface area contributed by atoms with Crippen LogP contribution >= 0.6 is 11.8 Å². The molecule has 192 valence electrons. The van der Waals surface area contributed by atoms with Crippen LogP contribution in [0.2, 0.25) is 18.1 Å². The lowest BCUT2D eigenvalue weighted by Gasteiger charge is -2.42. The van der Waals surface area contributed by atoms with Crippen LogP contribution in [0.1, 0.15) is 66.1 Å². The van der Waals surface area contributed by atoms with Crippen molar-refractivity contribution in [1.29, 1.82) is 0 Å². The van der Waals surface area contributed by atoms with Gasteiger partial charge in [0.15, 0.2) is 13.5 Å². The number of nitrogens with zero attached hydrogens (tertiary/aromatic N) is 4. The Morgan fingerprint density at radius 1 is 1.23 bits per heavy atom. The molecule has 0 saturated carbocycles. The predicted molar refractivity (Wildman–Crippen MR) is 149 cm³/mol. The zero-order chi connectivity index (χ0) is 26.4. The Kier molecular flexibility index (Phi) is 7.65. The summed E-state index contributed by atoms with van der Waals surface area (Å²) in [6.07, 6.45) is 4.71. The maximum absolute atomic E-state index is 10.7. The fourth-order valence-electron chi connectivity index (χ4n) is 4.19. The minimum absolute atomic E-state index is 0.00395. The number of hydrogen-bond donors (Lipinski definition) is 1. The summed E-state index contributed by atoms with van der Waals surface area (Å²) in [5, 5.41) is 11.5. The second-order valence-corrected chi connectivity index (χ2v) is 17.6. The van der Waals surface area contributed by atoms with Gasteiger partial charge < -0.3 is 14.4 Å². The number of aliphatic hydroxyl groups is 1. The van der Waals surface area contributed by atoms with E-state index in [1.54, 1.807) is 13.8 Å². The molecule has 8 heteroatoms. The first kappa shape index (κ1) is 27.8. The SMILES string of the molecule is C=C(C)C[C@H]1N(c2cccc(C(C)(C)O)n2)c2nc(SC)ncc2[C@@]1(C)CO[Si](C)(C)C(C)(C)C. The summed E-state index contributed by atoms with van der Waals surface area (Å²) in [4.78, 5) is 16.7. The van der Waals surface area contributed by atoms with E-state index in [4.69, 9.17) is 14.4 Å². The van der Waals surface area contributed by atoms with Crippen molar-refractivity contribution in [3.05, 3.63) is 47.8 Å². The molecule has 2 aromatic rings. The van der Waals surface area contributed by atoms with Crippen molar-refractivity contribution in [1.82, 2.24) is 15.0 Å². The molecule has 0 amide bonds. The van der Waals surface area contributed by atoms with Crippen LogP contribution in [0.4, 0.5) is 11.6 Å². The second kappa shape index (κ2) is 9.61. The van der Waals surface area contributed by atoms with E-state index in [1.807, 2.05) is 30.7 Å². The number of fused-ring (bicyclic) bond motifs is 1. The maximum atomic E-state index is 10.7. The van der Waals surface area contributed by atoms with Gasteiger partial charge in [0.2, 0.25) is 0 Å². The molecule has 1 N–H and O–H groups in total. The van der Waals surface area contributed by atoms with E-state index in [2.05, 4.69) is 64.2 Å². The topological polar surface area (TPSA) is 71.4 Å². The Hall–Kier alpha value is -1.74. The van der Waals surface area contributed by atoms with E-state index in [1.165, 1.54) is 11.8 Å². The fraction of sp³-hybridized carbons (Fsp3) is 0.593. The van der Waals surface area contributed by atoms with Gasteiger partial charge in [0.05, 0.1) is 11.7 Å². The molecular formula is C27H42N4O2SSi. The quantitative estimate of drug-likeness (QED) is 0.184. The Balaban J connectivity index is 2.20. The number of anilines is 2. The van der Waals surface area contributed by atoms with Crippen LogP contribution in [0.3, 0.4) is 0 Å². The molecule has 6 nitrogen and oxygen atoms in total. The van der Waals surface area contributed by atoms with Crippen molar-refractivity contribution in [2.75, 3.05) is 17.8 Å². The van der Waals surface area contributed by atoms with Crippen molar-refractivity contribution in [3.63, 3.8) is 0 Å². The van der Waals surface area contributed by atoms with Crippen LogP contribution in [-0.2, 0) is 15.4 Å². The van der Waals surface area contributed by atoms with Gasteiger partial charge in [-0.25, -0.2) is 15.0 Å². The normalized spacial score (nSPS) is 20.8. The van der Waals surface area contributed by atoms with Crippen LogP contribution in [-0.4, -0.2) is 47.3 Å². The highest BCUT2D eigenvalue weighted by molar-refractivity contribution is 7.98. The summed E-state index contributed by atoms with van der Waals surface area (Å²) in [5.74, 6) is 1.62. The molecule has 1 aliphatic heterocycles. The van der Waals surface area contributed by atoms with Crippen LogP contribution in [0, 0.1) is 0 Å². The average Bonchev–Trinajstić information content (AvgIpc) is 2.98. The molecule has 0 radical (unpaired) electrons. The molecule has 0 aromatic carbocycles. The van der Waals surface area contributed by atoms with Crippen molar-refractivity contribution in [3.8, 4) is 0 Å². The van der Waals surface area contributed by atoms with Gasteiger partial charge in [-0.3, -0.25) is 0 Å². The van der Waals surface area contributed by atoms with E-state index >= 15 is 0 Å². The minimum Gasteiger partial charge on any atom is -0.416 e. The van der Waals surface area contributed by atoms with Crippen LogP contribution in [0.25, 0.3) is 0 Å². The first-order valence-corrected chi connectivity index (χ1v) is 16.3. The number of thioether (sulfide) groups is 1. The number of hydrogen-bond acceptors (Lipinski definition) is 7. The molecule has 2 atom stereocenters. The van der Waals surface area contributed by atoms with E-state index in [0.717, 1.165) is 34.3 Å². The molecule has 3 heterocycles. The van der Waals surface area contributed by atoms with Crippen molar-refractivity contribution in [2.45, 2.75) is 95.2 Å². The zero-order valence-electron chi connectivity index (χ0n) is 23.1. The predicted octanol–water partition coefficient (Wildman–Crippen LogP) is 6.59. The van der Waals surface area contributed by atoms with Gasteiger partial charge in [-0.05, 0) is 63.7 Å². The largest absolute Gasteiger partial charge is 0.416 e. The summed E-state index contributed by atoms with van der Waals surface area (Å²) in [7, 11) is -2.00. The van der Waals surface area contributed by atoms with Crippen LogP contribution in [0.5, 0.6) is 0 Å². The van der Waals surface area contributed by atoms with Gasteiger partial charge in [-0.1, -0.05) is 51.1 Å². The van der Waals surface area contributed by atoms with Gasteiger partial charge >= 0.3 is 0 Å². The van der Waals surface area contributed by atoms with Gasteiger partial charge in [-0.15, -0.1) is 6.58 Å². The van der Waals surface area contributed by atoms with E-state index in [0.29, 0.717) is 12.3 Å². The van der Waals surface area contributed by atoms with Gasteiger partial charge in [-0.2, -0.15) is 0 Å². The lowest BCUT2D eigenvalue weighted by molar-refractivity contribution is 0.0739. The highest BCUT2D eigenvalue weighted by atomic mass is 32.2. The van der Waals surface area contributed by atoms with Crippen molar-refractivity contribution < 1.29 is 9.53 Å². The van der Waals surface area contributed by atoms with E-state index in [-0.39, 0.29) is 16.5 Å². The molecule has 0 aliphatic carbocycles. The van der Waals surface area contributed by atoms with Crippen molar-refractivity contribution >= 4 is 31.7 Å². The van der Waals surface area contributed by atoms with Crippen molar-refractivity contribution in [2.24, 2.45) is 0 Å². The van der Waals surface area contributed by atoms with E-state index < -0.39 is 13.9 Å². The lowest BCUT2D eigenvalue weighted by atomic mass is 9.78. The number of aromatic nitrogens is 3. The minimum atomic E-state index is -2.00. The average molecular weight is 515 g/mol. The Bertz CT molecular complexity index is 1090. The van der Waals surface area contributed by atoms with Gasteiger partial charge in [0, 0.05) is 23.8 Å².